The van der Waals surface area contributed by atoms with Crippen molar-refractivity contribution >= 4 is 0 Å². The van der Waals surface area contributed by atoms with Crippen molar-refractivity contribution in [2.75, 3.05) is 6.61 Å². The van der Waals surface area contributed by atoms with Crippen molar-refractivity contribution in [2.45, 2.75) is 12.8 Å². The summed E-state index contributed by atoms with van der Waals surface area (Å²) in [4.78, 5) is 0. The van der Waals surface area contributed by atoms with E-state index in [9.17, 15) is 5.11 Å². The van der Waals surface area contributed by atoms with Crippen LogP contribution in [0.4, 0.5) is 0 Å². The van der Waals surface area contributed by atoms with Gasteiger partial charge in [-0.1, -0.05) is 0 Å². The fourth-order valence-corrected chi connectivity index (χ4v) is 1.21. The molecule has 3 nitrogen and oxygen atoms in total. The smallest absolute Gasteiger partial charge is 0.140 e. The molecule has 0 heterocycles. The van der Waals surface area contributed by atoms with Gasteiger partial charge in [-0.15, -0.1) is 0 Å². The SMILES string of the molecule is N#Cc1ccc(O)cc1OCC1CC1. The lowest BCUT2D eigenvalue weighted by atomic mass is 10.2. The van der Waals surface area contributed by atoms with E-state index in [4.69, 9.17) is 10.00 Å². The first kappa shape index (κ1) is 8.89. The lowest BCUT2D eigenvalue weighted by Gasteiger charge is -2.06. The van der Waals surface area contributed by atoms with Gasteiger partial charge in [-0.3, -0.25) is 0 Å². The number of nitriles is 1. The van der Waals surface area contributed by atoms with E-state index in [1.807, 2.05) is 6.07 Å². The van der Waals surface area contributed by atoms with Crippen LogP contribution in [0.2, 0.25) is 0 Å². The summed E-state index contributed by atoms with van der Waals surface area (Å²) in [5.41, 5.74) is 0.475. The minimum Gasteiger partial charge on any atom is -0.508 e. The van der Waals surface area contributed by atoms with Gasteiger partial charge >= 0.3 is 0 Å². The molecular weight excluding hydrogens is 178 g/mol. The van der Waals surface area contributed by atoms with Crippen molar-refractivity contribution in [3.05, 3.63) is 23.8 Å². The van der Waals surface area contributed by atoms with Gasteiger partial charge in [0.2, 0.25) is 0 Å². The molecule has 1 aromatic carbocycles. The quantitative estimate of drug-likeness (QED) is 0.791. The van der Waals surface area contributed by atoms with Crippen LogP contribution < -0.4 is 4.74 Å². The first-order valence-corrected chi connectivity index (χ1v) is 4.65. The topological polar surface area (TPSA) is 53.2 Å². The summed E-state index contributed by atoms with van der Waals surface area (Å²) in [7, 11) is 0. The molecule has 1 fully saturated rings. The van der Waals surface area contributed by atoms with Crippen LogP contribution in [0.15, 0.2) is 18.2 Å². The zero-order valence-corrected chi connectivity index (χ0v) is 7.73. The van der Waals surface area contributed by atoms with Crippen LogP contribution in [-0.2, 0) is 0 Å². The molecule has 0 aromatic heterocycles. The third kappa shape index (κ3) is 1.97. The molecule has 0 amide bonds. The van der Waals surface area contributed by atoms with E-state index >= 15 is 0 Å². The summed E-state index contributed by atoms with van der Waals surface area (Å²) in [6, 6.07) is 6.57. The second-order valence-corrected chi connectivity index (χ2v) is 3.55. The summed E-state index contributed by atoms with van der Waals surface area (Å²) in [6.45, 7) is 0.651. The van der Waals surface area contributed by atoms with Crippen LogP contribution in [0.5, 0.6) is 11.5 Å². The fraction of sp³-hybridized carbons (Fsp3) is 0.364. The highest BCUT2D eigenvalue weighted by molar-refractivity contribution is 5.46. The third-order valence-electron chi connectivity index (χ3n) is 2.26. The van der Waals surface area contributed by atoms with Gasteiger partial charge in [-0.05, 0) is 30.9 Å². The number of hydrogen-bond acceptors (Lipinski definition) is 3. The minimum atomic E-state index is 0.134. The van der Waals surface area contributed by atoms with E-state index in [-0.39, 0.29) is 5.75 Å². The third-order valence-corrected chi connectivity index (χ3v) is 2.26. The number of aromatic hydroxyl groups is 1. The number of phenolic OH excluding ortho intramolecular Hbond substituents is 1. The summed E-state index contributed by atoms with van der Waals surface area (Å²) < 4.78 is 5.45. The van der Waals surface area contributed by atoms with Gasteiger partial charge in [0.25, 0.3) is 0 Å². The monoisotopic (exact) mass is 189 g/mol. The highest BCUT2D eigenvalue weighted by atomic mass is 16.5. The maximum absolute atomic E-state index is 9.22. The van der Waals surface area contributed by atoms with E-state index in [0.717, 1.165) is 0 Å². The Labute approximate surface area is 82.6 Å². The maximum Gasteiger partial charge on any atom is 0.140 e. The zero-order chi connectivity index (χ0) is 9.97. The molecule has 1 N–H and O–H groups in total. The minimum absolute atomic E-state index is 0.134. The molecular formula is C11H11NO2. The first-order chi connectivity index (χ1) is 6.79. The molecule has 2 rings (SSSR count). The van der Waals surface area contributed by atoms with Crippen LogP contribution >= 0.6 is 0 Å². The van der Waals surface area contributed by atoms with E-state index < -0.39 is 0 Å². The first-order valence-electron chi connectivity index (χ1n) is 4.65. The predicted molar refractivity (Wildman–Crippen MR) is 51.0 cm³/mol. The van der Waals surface area contributed by atoms with Crippen molar-refractivity contribution in [3.63, 3.8) is 0 Å². The molecule has 0 radical (unpaired) electrons. The largest absolute Gasteiger partial charge is 0.508 e. The molecule has 0 aliphatic heterocycles. The normalized spacial score (nSPS) is 14.8. The highest BCUT2D eigenvalue weighted by Crippen LogP contribution is 2.31. The van der Waals surface area contributed by atoms with Crippen LogP contribution in [0.25, 0.3) is 0 Å². The van der Waals surface area contributed by atoms with Crippen LogP contribution in [-0.4, -0.2) is 11.7 Å². The Morgan fingerprint density at radius 3 is 2.93 bits per heavy atom. The fourth-order valence-electron chi connectivity index (χ4n) is 1.21. The highest BCUT2D eigenvalue weighted by Gasteiger charge is 2.22. The van der Waals surface area contributed by atoms with Gasteiger partial charge < -0.3 is 9.84 Å². The molecule has 0 atom stereocenters. The number of benzene rings is 1. The number of nitrogens with zero attached hydrogens (tertiary/aromatic N) is 1. The summed E-state index contributed by atoms with van der Waals surface area (Å²) in [5.74, 6) is 1.26. The van der Waals surface area contributed by atoms with Crippen LogP contribution in [0, 0.1) is 17.2 Å². The van der Waals surface area contributed by atoms with Gasteiger partial charge in [0.05, 0.1) is 12.2 Å². The Balaban J connectivity index is 2.12. The number of phenols is 1. The molecule has 72 valence electrons. The Bertz CT molecular complexity index is 377. The Hall–Kier alpha value is -1.69. The molecule has 3 heteroatoms. The Kier molecular flexibility index (Phi) is 2.28. The van der Waals surface area contributed by atoms with Gasteiger partial charge in [0, 0.05) is 6.07 Å². The van der Waals surface area contributed by atoms with Crippen molar-refractivity contribution in [1.82, 2.24) is 0 Å². The molecule has 1 saturated carbocycles. The number of hydrogen-bond donors (Lipinski definition) is 1. The van der Waals surface area contributed by atoms with Crippen LogP contribution in [0.1, 0.15) is 18.4 Å². The van der Waals surface area contributed by atoms with Gasteiger partial charge in [0.15, 0.2) is 0 Å². The molecule has 0 spiro atoms. The zero-order valence-electron chi connectivity index (χ0n) is 7.73. The predicted octanol–water partition coefficient (Wildman–Crippen LogP) is 2.05. The van der Waals surface area contributed by atoms with Crippen molar-refractivity contribution < 1.29 is 9.84 Å². The molecule has 14 heavy (non-hydrogen) atoms. The molecule has 0 saturated heterocycles. The van der Waals surface area contributed by atoms with E-state index in [1.54, 1.807) is 6.07 Å². The second-order valence-electron chi connectivity index (χ2n) is 3.55. The Morgan fingerprint density at radius 2 is 2.29 bits per heavy atom. The van der Waals surface area contributed by atoms with E-state index in [2.05, 4.69) is 0 Å². The summed E-state index contributed by atoms with van der Waals surface area (Å²) >= 11 is 0. The van der Waals surface area contributed by atoms with E-state index in [1.165, 1.54) is 25.0 Å². The Morgan fingerprint density at radius 1 is 1.50 bits per heavy atom. The standard InChI is InChI=1S/C11H11NO2/c12-6-9-3-4-10(13)5-11(9)14-7-8-1-2-8/h3-5,8,13H,1-2,7H2. The molecule has 0 bridgehead atoms. The second kappa shape index (κ2) is 3.59. The lowest BCUT2D eigenvalue weighted by molar-refractivity contribution is 0.297. The molecule has 1 aliphatic rings. The van der Waals surface area contributed by atoms with Crippen molar-refractivity contribution in [3.8, 4) is 17.6 Å². The molecule has 0 unspecified atom stereocenters. The summed E-state index contributed by atoms with van der Waals surface area (Å²) in [5, 5.41) is 18.0. The van der Waals surface area contributed by atoms with Crippen LogP contribution in [0.3, 0.4) is 0 Å². The average molecular weight is 189 g/mol. The maximum atomic E-state index is 9.22. The van der Waals surface area contributed by atoms with Gasteiger partial charge in [-0.2, -0.15) is 5.26 Å². The summed E-state index contributed by atoms with van der Waals surface area (Å²) in [6.07, 6.45) is 2.42. The molecule has 1 aliphatic carbocycles. The lowest BCUT2D eigenvalue weighted by Crippen LogP contribution is -2.00. The number of ether oxygens (including phenoxy) is 1. The average Bonchev–Trinajstić information content (AvgIpc) is 2.98. The van der Waals surface area contributed by atoms with Crippen molar-refractivity contribution in [1.29, 1.82) is 5.26 Å². The number of rotatable bonds is 3. The van der Waals surface area contributed by atoms with Crippen molar-refractivity contribution in [2.24, 2.45) is 5.92 Å². The van der Waals surface area contributed by atoms with Gasteiger partial charge in [0.1, 0.15) is 17.6 Å². The van der Waals surface area contributed by atoms with Gasteiger partial charge in [-0.25, -0.2) is 0 Å². The van der Waals surface area contributed by atoms with E-state index in [0.29, 0.717) is 23.8 Å². The molecule has 1 aromatic rings.